The highest BCUT2D eigenvalue weighted by atomic mass is 32.3. The number of nitrogens with one attached hydrogen (secondary N) is 1. The summed E-state index contributed by atoms with van der Waals surface area (Å²) in [6, 6.07) is 7.73. The van der Waals surface area contributed by atoms with Crippen LogP contribution in [0.2, 0.25) is 18.1 Å². The average molecular weight is 345 g/mol. The highest BCUT2D eigenvalue weighted by molar-refractivity contribution is 8.26. The van der Waals surface area contributed by atoms with Crippen LogP contribution < -0.4 is 9.53 Å². The molecule has 0 amide bonds. The van der Waals surface area contributed by atoms with Gasteiger partial charge in [-0.15, -0.1) is 0 Å². The van der Waals surface area contributed by atoms with Crippen LogP contribution in [0, 0.1) is 0 Å². The molecule has 0 bridgehead atoms. The Hall–Kier alpha value is -0.373. The number of methoxy groups -OCH3 is 1. The molecule has 1 unspecified atom stereocenters. The molecule has 1 rings (SSSR count). The van der Waals surface area contributed by atoms with Gasteiger partial charge in [0.2, 0.25) is 0 Å². The lowest BCUT2D eigenvalue weighted by molar-refractivity contribution is 0.0192. The van der Waals surface area contributed by atoms with Crippen molar-refractivity contribution in [2.75, 3.05) is 7.11 Å². The Morgan fingerprint density at radius 1 is 1.09 bits per heavy atom. The highest BCUT2D eigenvalue weighted by Crippen LogP contribution is 2.46. The Labute approximate surface area is 138 Å². The standard InChI is InChI=1S/C16H32N2O2SSi/c1-15(2,3)22(7,8)18-21(17,19)14-11-9-13(10-12-14)16(4,5)20-6/h9-12,18-19H,17H2,1-8H3. The zero-order valence-corrected chi connectivity index (χ0v) is 17.0. The normalized spacial score (nSPS) is 17.9. The molecule has 4 nitrogen and oxygen atoms in total. The lowest BCUT2D eigenvalue weighted by Crippen LogP contribution is -2.54. The van der Waals surface area contributed by atoms with E-state index in [2.05, 4.69) is 38.3 Å². The Kier molecular flexibility index (Phi) is 5.60. The van der Waals surface area contributed by atoms with Crippen molar-refractivity contribution in [2.24, 2.45) is 5.14 Å². The molecule has 0 radical (unpaired) electrons. The first-order valence-electron chi connectivity index (χ1n) is 7.51. The van der Waals surface area contributed by atoms with Crippen LogP contribution in [-0.2, 0) is 10.3 Å². The van der Waals surface area contributed by atoms with Crippen molar-refractivity contribution in [1.29, 1.82) is 0 Å². The second-order valence-electron chi connectivity index (χ2n) is 7.84. The van der Waals surface area contributed by atoms with Crippen LogP contribution >= 0.6 is 10.7 Å². The molecule has 1 aromatic carbocycles. The van der Waals surface area contributed by atoms with Crippen molar-refractivity contribution in [2.45, 2.75) is 63.2 Å². The first-order chi connectivity index (χ1) is 9.73. The number of hydrogen-bond acceptors (Lipinski definition) is 4. The molecule has 0 heterocycles. The van der Waals surface area contributed by atoms with Gasteiger partial charge in [-0.1, -0.05) is 46.0 Å². The summed E-state index contributed by atoms with van der Waals surface area (Å²) in [5.74, 6) is 0. The summed E-state index contributed by atoms with van der Waals surface area (Å²) in [7, 11) is -2.70. The van der Waals surface area contributed by atoms with E-state index in [1.54, 1.807) is 7.11 Å². The molecule has 0 aliphatic heterocycles. The van der Waals surface area contributed by atoms with Crippen molar-refractivity contribution in [1.82, 2.24) is 4.39 Å². The number of benzene rings is 1. The summed E-state index contributed by atoms with van der Waals surface area (Å²) in [5.41, 5.74) is 0.703. The van der Waals surface area contributed by atoms with Crippen LogP contribution in [-0.4, -0.2) is 19.9 Å². The fraction of sp³-hybridized carbons (Fsp3) is 0.625. The average Bonchev–Trinajstić information content (AvgIpc) is 2.36. The summed E-state index contributed by atoms with van der Waals surface area (Å²) >= 11 is 0. The van der Waals surface area contributed by atoms with E-state index < -0.39 is 18.9 Å². The number of ether oxygens (including phenoxy) is 1. The van der Waals surface area contributed by atoms with Crippen LogP contribution in [0.5, 0.6) is 0 Å². The summed E-state index contributed by atoms with van der Waals surface area (Å²) in [6.07, 6.45) is 0. The Bertz CT molecular complexity index is 508. The zero-order chi connectivity index (χ0) is 17.4. The van der Waals surface area contributed by atoms with Gasteiger partial charge in [-0.05, 0) is 47.3 Å². The Morgan fingerprint density at radius 2 is 1.55 bits per heavy atom. The predicted octanol–water partition coefficient (Wildman–Crippen LogP) is 4.59. The molecule has 6 heteroatoms. The molecule has 1 aromatic rings. The van der Waals surface area contributed by atoms with E-state index in [-0.39, 0.29) is 10.6 Å². The molecule has 4 N–H and O–H groups in total. The molecule has 0 saturated heterocycles. The monoisotopic (exact) mass is 344 g/mol. The Balaban J connectivity index is 3.05. The fourth-order valence-corrected chi connectivity index (χ4v) is 7.14. The minimum atomic E-state index is -2.50. The van der Waals surface area contributed by atoms with Crippen LogP contribution in [0.1, 0.15) is 40.2 Å². The van der Waals surface area contributed by atoms with E-state index in [4.69, 9.17) is 9.88 Å². The van der Waals surface area contributed by atoms with Gasteiger partial charge in [0.1, 0.15) is 8.24 Å². The molecule has 0 spiro atoms. The molecule has 0 saturated carbocycles. The van der Waals surface area contributed by atoms with E-state index in [1.165, 1.54) is 0 Å². The van der Waals surface area contributed by atoms with Gasteiger partial charge < -0.3 is 9.29 Å². The van der Waals surface area contributed by atoms with Gasteiger partial charge in [-0.3, -0.25) is 9.53 Å². The minimum Gasteiger partial charge on any atom is -0.374 e. The van der Waals surface area contributed by atoms with E-state index in [0.717, 1.165) is 10.5 Å². The quantitative estimate of drug-likeness (QED) is 0.684. The molecule has 0 aliphatic carbocycles. The third kappa shape index (κ3) is 4.34. The summed E-state index contributed by atoms with van der Waals surface area (Å²) < 4.78 is 19.7. The van der Waals surface area contributed by atoms with E-state index in [1.807, 2.05) is 38.1 Å². The van der Waals surface area contributed by atoms with Gasteiger partial charge in [0.25, 0.3) is 0 Å². The first kappa shape index (κ1) is 19.7. The number of nitrogens with two attached hydrogens (primary N) is 1. The molecule has 128 valence electrons. The van der Waals surface area contributed by atoms with E-state index in [9.17, 15) is 4.55 Å². The van der Waals surface area contributed by atoms with Crippen LogP contribution in [0.3, 0.4) is 0 Å². The lowest BCUT2D eigenvalue weighted by atomic mass is 9.98. The van der Waals surface area contributed by atoms with Crippen LogP contribution in [0.15, 0.2) is 29.2 Å². The van der Waals surface area contributed by atoms with E-state index >= 15 is 0 Å². The van der Waals surface area contributed by atoms with Crippen molar-refractivity contribution >= 4 is 18.9 Å². The second kappa shape index (κ2) is 6.26. The molecule has 0 aromatic heterocycles. The van der Waals surface area contributed by atoms with Crippen molar-refractivity contribution < 1.29 is 9.29 Å². The summed E-state index contributed by atoms with van der Waals surface area (Å²) in [5, 5.41) is 6.35. The van der Waals surface area contributed by atoms with Crippen LogP contribution in [0.25, 0.3) is 0 Å². The lowest BCUT2D eigenvalue weighted by Gasteiger charge is -2.44. The van der Waals surface area contributed by atoms with Crippen LogP contribution in [0.4, 0.5) is 0 Å². The number of rotatable bonds is 5. The molecular weight excluding hydrogens is 312 g/mol. The van der Waals surface area contributed by atoms with Gasteiger partial charge in [0.15, 0.2) is 0 Å². The molecular formula is C16H32N2O2SSi. The summed E-state index contributed by atoms with van der Waals surface area (Å²) in [6.45, 7) is 15.0. The molecule has 1 atom stereocenters. The van der Waals surface area contributed by atoms with Gasteiger partial charge in [-0.25, -0.2) is 0 Å². The molecule has 0 fully saturated rings. The SMILES string of the molecule is COC(C)(C)c1ccc(S(N)(O)N[Si](C)(C)C(C)(C)C)cc1. The van der Waals surface area contributed by atoms with Gasteiger partial charge in [-0.2, -0.15) is 0 Å². The van der Waals surface area contributed by atoms with E-state index in [0.29, 0.717) is 0 Å². The highest BCUT2D eigenvalue weighted by Gasteiger charge is 2.40. The largest absolute Gasteiger partial charge is 0.374 e. The van der Waals surface area contributed by atoms with Gasteiger partial charge in [0.05, 0.1) is 5.60 Å². The minimum absolute atomic E-state index is 0.103. The van der Waals surface area contributed by atoms with Crippen molar-refractivity contribution in [3.8, 4) is 0 Å². The molecule has 0 aliphatic rings. The molecule has 22 heavy (non-hydrogen) atoms. The third-order valence-corrected chi connectivity index (χ3v) is 12.7. The smallest absolute Gasteiger partial charge is 0.138 e. The van der Waals surface area contributed by atoms with Gasteiger partial charge >= 0.3 is 0 Å². The zero-order valence-electron chi connectivity index (χ0n) is 15.2. The Morgan fingerprint density at radius 3 is 1.91 bits per heavy atom. The maximum absolute atomic E-state index is 10.8. The third-order valence-electron chi connectivity index (χ3n) is 4.70. The predicted molar refractivity (Wildman–Crippen MR) is 99.5 cm³/mol. The topological polar surface area (TPSA) is 67.5 Å². The second-order valence-corrected chi connectivity index (χ2v) is 15.1. The maximum Gasteiger partial charge on any atom is 0.138 e. The van der Waals surface area contributed by atoms with Crippen molar-refractivity contribution in [3.63, 3.8) is 0 Å². The fourth-order valence-electron chi connectivity index (χ4n) is 1.78. The van der Waals surface area contributed by atoms with Gasteiger partial charge in [0, 0.05) is 12.0 Å². The van der Waals surface area contributed by atoms with Crippen molar-refractivity contribution in [3.05, 3.63) is 29.8 Å². The summed E-state index contributed by atoms with van der Waals surface area (Å²) in [4.78, 5) is 0.743. The number of hydrogen-bond donors (Lipinski definition) is 3. The maximum atomic E-state index is 10.8. The first-order valence-corrected chi connectivity index (χ1v) is 12.2.